The lowest BCUT2D eigenvalue weighted by molar-refractivity contribution is 0.0647. The van der Waals surface area contributed by atoms with Gasteiger partial charge < -0.3 is 9.72 Å². The van der Waals surface area contributed by atoms with Crippen LogP contribution in [-0.2, 0) is 0 Å². The van der Waals surface area contributed by atoms with E-state index >= 15 is 0 Å². The number of likely N-dealkylation sites (tertiary alicyclic amines) is 1. The van der Waals surface area contributed by atoms with Crippen molar-refractivity contribution in [2.45, 2.75) is 45.3 Å². The number of methoxy groups -OCH3 is 1. The maximum atomic E-state index is 12.5. The number of rotatable bonds is 3. The van der Waals surface area contributed by atoms with Crippen molar-refractivity contribution in [1.29, 1.82) is 0 Å². The molecule has 5 nitrogen and oxygen atoms in total. The molecule has 1 aliphatic rings. The molecule has 0 amide bonds. The Morgan fingerprint density at radius 1 is 1.33 bits per heavy atom. The first-order valence-corrected chi connectivity index (χ1v) is 7.66. The van der Waals surface area contributed by atoms with E-state index in [1.54, 1.807) is 7.11 Å². The number of imidazole rings is 1. The molecule has 3 rings (SSSR count). The van der Waals surface area contributed by atoms with Crippen LogP contribution in [0.5, 0.6) is 5.75 Å². The Kier molecular flexibility index (Phi) is 3.76. The number of benzene rings is 1. The summed E-state index contributed by atoms with van der Waals surface area (Å²) in [5.74, 6) is 0.750. The summed E-state index contributed by atoms with van der Waals surface area (Å²) in [6, 6.07) is 6.16. The summed E-state index contributed by atoms with van der Waals surface area (Å²) in [6.45, 7) is 5.42. The zero-order valence-electron chi connectivity index (χ0n) is 12.9. The highest BCUT2D eigenvalue weighted by molar-refractivity contribution is 5.82. The highest BCUT2D eigenvalue weighted by Crippen LogP contribution is 2.32. The van der Waals surface area contributed by atoms with Crippen molar-refractivity contribution >= 4 is 11.0 Å². The van der Waals surface area contributed by atoms with Crippen LogP contribution in [0.15, 0.2) is 23.0 Å². The van der Waals surface area contributed by atoms with Crippen LogP contribution in [0.1, 0.15) is 39.3 Å². The number of piperidine rings is 1. The maximum Gasteiger partial charge on any atom is 0.327 e. The summed E-state index contributed by atoms with van der Waals surface area (Å²) in [6.07, 6.45) is 3.46. The van der Waals surface area contributed by atoms with Crippen LogP contribution in [0, 0.1) is 0 Å². The van der Waals surface area contributed by atoms with E-state index in [2.05, 4.69) is 23.7 Å². The summed E-state index contributed by atoms with van der Waals surface area (Å²) >= 11 is 0. The van der Waals surface area contributed by atoms with Gasteiger partial charge in [-0.25, -0.2) is 4.79 Å². The van der Waals surface area contributed by atoms with Crippen molar-refractivity contribution in [2.75, 3.05) is 13.7 Å². The quantitative estimate of drug-likeness (QED) is 0.945. The third kappa shape index (κ3) is 2.35. The second-order valence-corrected chi connectivity index (χ2v) is 5.96. The fourth-order valence-corrected chi connectivity index (χ4v) is 3.41. The van der Waals surface area contributed by atoms with E-state index in [4.69, 9.17) is 4.74 Å². The van der Waals surface area contributed by atoms with Crippen LogP contribution in [0.25, 0.3) is 11.0 Å². The van der Waals surface area contributed by atoms with E-state index in [0.29, 0.717) is 6.04 Å². The van der Waals surface area contributed by atoms with Gasteiger partial charge in [0.25, 0.3) is 0 Å². The Bertz CT molecular complexity index is 686. The number of aromatic nitrogens is 2. The average Bonchev–Trinajstić information content (AvgIpc) is 2.82. The predicted molar refractivity (Wildman–Crippen MR) is 83.8 cm³/mol. The van der Waals surface area contributed by atoms with Gasteiger partial charge in [-0.2, -0.15) is 0 Å². The maximum absolute atomic E-state index is 12.5. The van der Waals surface area contributed by atoms with Crippen molar-refractivity contribution in [1.82, 2.24) is 14.5 Å². The van der Waals surface area contributed by atoms with Crippen LogP contribution in [-0.4, -0.2) is 34.1 Å². The second kappa shape index (κ2) is 5.56. The first-order valence-electron chi connectivity index (χ1n) is 7.66. The molecule has 1 N–H and O–H groups in total. The molecule has 1 aromatic carbocycles. The summed E-state index contributed by atoms with van der Waals surface area (Å²) in [4.78, 5) is 17.9. The van der Waals surface area contributed by atoms with Gasteiger partial charge in [0.15, 0.2) is 0 Å². The summed E-state index contributed by atoms with van der Waals surface area (Å²) in [7, 11) is 1.65. The highest BCUT2D eigenvalue weighted by atomic mass is 16.5. The molecule has 5 heteroatoms. The average molecular weight is 289 g/mol. The summed E-state index contributed by atoms with van der Waals surface area (Å²) in [5.41, 5.74) is 1.67. The van der Waals surface area contributed by atoms with Gasteiger partial charge in [-0.15, -0.1) is 0 Å². The molecule has 1 aliphatic heterocycles. The van der Waals surface area contributed by atoms with Crippen molar-refractivity contribution in [3.63, 3.8) is 0 Å². The number of para-hydroxylation sites is 1. The van der Waals surface area contributed by atoms with Gasteiger partial charge in [-0.1, -0.05) is 6.07 Å². The SMILES string of the molecule is COc1cccc2[nH]c(=O)n(C3CCCCN3C(C)C)c12. The summed E-state index contributed by atoms with van der Waals surface area (Å²) < 4.78 is 7.35. The smallest absolute Gasteiger partial charge is 0.327 e. The monoisotopic (exact) mass is 289 g/mol. The lowest BCUT2D eigenvalue weighted by Crippen LogP contribution is -2.43. The number of fused-ring (bicyclic) bond motifs is 1. The van der Waals surface area contributed by atoms with Crippen molar-refractivity contribution < 1.29 is 4.74 Å². The van der Waals surface area contributed by atoms with E-state index in [1.807, 2.05) is 22.8 Å². The molecule has 21 heavy (non-hydrogen) atoms. The van der Waals surface area contributed by atoms with Gasteiger partial charge in [-0.3, -0.25) is 9.47 Å². The van der Waals surface area contributed by atoms with Gasteiger partial charge in [0.2, 0.25) is 0 Å². The fourth-order valence-electron chi connectivity index (χ4n) is 3.41. The Hall–Kier alpha value is -1.75. The molecule has 1 atom stereocenters. The summed E-state index contributed by atoms with van der Waals surface area (Å²) in [5, 5.41) is 0. The van der Waals surface area contributed by atoms with Crippen LogP contribution in [0.3, 0.4) is 0 Å². The molecule has 0 bridgehead atoms. The van der Waals surface area contributed by atoms with Gasteiger partial charge in [-0.05, 0) is 45.2 Å². The van der Waals surface area contributed by atoms with E-state index in [-0.39, 0.29) is 11.9 Å². The van der Waals surface area contributed by atoms with Crippen molar-refractivity contribution in [2.24, 2.45) is 0 Å². The number of ether oxygens (including phenoxy) is 1. The Labute approximate surface area is 124 Å². The molecule has 2 aromatic rings. The van der Waals surface area contributed by atoms with Crippen LogP contribution in [0.4, 0.5) is 0 Å². The van der Waals surface area contributed by atoms with E-state index < -0.39 is 0 Å². The van der Waals surface area contributed by atoms with Crippen LogP contribution in [0.2, 0.25) is 0 Å². The van der Waals surface area contributed by atoms with Gasteiger partial charge in [0.05, 0.1) is 18.8 Å². The lowest BCUT2D eigenvalue weighted by Gasteiger charge is -2.39. The predicted octanol–water partition coefficient (Wildman–Crippen LogP) is 2.73. The van der Waals surface area contributed by atoms with Crippen LogP contribution >= 0.6 is 0 Å². The van der Waals surface area contributed by atoms with E-state index in [9.17, 15) is 4.79 Å². The number of nitrogens with one attached hydrogen (secondary N) is 1. The van der Waals surface area contributed by atoms with Gasteiger partial charge in [0, 0.05) is 12.6 Å². The first-order chi connectivity index (χ1) is 10.1. The molecular formula is C16H23N3O2. The van der Waals surface area contributed by atoms with E-state index in [0.717, 1.165) is 36.2 Å². The minimum atomic E-state index is -0.0490. The zero-order valence-corrected chi connectivity index (χ0v) is 12.9. The number of hydrogen-bond donors (Lipinski definition) is 1. The fraction of sp³-hybridized carbons (Fsp3) is 0.562. The van der Waals surface area contributed by atoms with E-state index in [1.165, 1.54) is 6.42 Å². The number of H-pyrrole nitrogens is 1. The van der Waals surface area contributed by atoms with Gasteiger partial charge in [0.1, 0.15) is 11.3 Å². The third-order valence-corrected chi connectivity index (χ3v) is 4.39. The molecule has 1 fully saturated rings. The minimum Gasteiger partial charge on any atom is -0.494 e. The molecule has 0 saturated carbocycles. The van der Waals surface area contributed by atoms with Crippen molar-refractivity contribution in [3.05, 3.63) is 28.7 Å². The standard InChI is InChI=1S/C16H23N3O2/c1-11(2)18-10-5-4-9-14(18)19-15-12(17-16(19)20)7-6-8-13(15)21-3/h6-8,11,14H,4-5,9-10H2,1-3H3,(H,17,20). The second-order valence-electron chi connectivity index (χ2n) is 5.96. The topological polar surface area (TPSA) is 50.3 Å². The number of aromatic amines is 1. The van der Waals surface area contributed by atoms with Gasteiger partial charge >= 0.3 is 5.69 Å². The molecule has 114 valence electrons. The normalized spacial score (nSPS) is 20.3. The Morgan fingerprint density at radius 3 is 2.86 bits per heavy atom. The first kappa shape index (κ1) is 14.2. The molecule has 1 aromatic heterocycles. The zero-order chi connectivity index (χ0) is 15.0. The molecule has 0 spiro atoms. The Morgan fingerprint density at radius 2 is 2.14 bits per heavy atom. The van der Waals surface area contributed by atoms with Crippen LogP contribution < -0.4 is 10.4 Å². The molecule has 1 saturated heterocycles. The van der Waals surface area contributed by atoms with Crippen molar-refractivity contribution in [3.8, 4) is 5.75 Å². The molecule has 0 radical (unpaired) electrons. The molecule has 1 unspecified atom stereocenters. The Balaban J connectivity index is 2.18. The molecule has 0 aliphatic carbocycles. The third-order valence-electron chi connectivity index (χ3n) is 4.39. The minimum absolute atomic E-state index is 0.0490. The lowest BCUT2D eigenvalue weighted by atomic mass is 10.1. The number of hydrogen-bond acceptors (Lipinski definition) is 3. The largest absolute Gasteiger partial charge is 0.494 e. The number of nitrogens with zero attached hydrogens (tertiary/aromatic N) is 2. The highest BCUT2D eigenvalue weighted by Gasteiger charge is 2.29. The molecule has 2 heterocycles. The molecular weight excluding hydrogens is 266 g/mol.